The molecule has 0 unspecified atom stereocenters. The highest BCUT2D eigenvalue weighted by molar-refractivity contribution is 7.48. The number of rotatable bonds is 8. The summed E-state index contributed by atoms with van der Waals surface area (Å²) in [5.41, 5.74) is 1.61. The molecule has 1 aliphatic rings. The molecule has 12 nitrogen and oxygen atoms in total. The second-order valence-electron chi connectivity index (χ2n) is 6.14. The number of fused-ring (bicyclic) bond motifs is 1. The van der Waals surface area contributed by atoms with E-state index < -0.39 is 7.82 Å². The smallest absolute Gasteiger partial charge is 0.497 e. The predicted molar refractivity (Wildman–Crippen MR) is 103 cm³/mol. The summed E-state index contributed by atoms with van der Waals surface area (Å²) < 4.78 is 54.2. The molecule has 4 rings (SSSR count). The Hall–Kier alpha value is -3.28. The summed E-state index contributed by atoms with van der Waals surface area (Å²) >= 11 is 0. The first-order valence-corrected chi connectivity index (χ1v) is 10.3. The van der Waals surface area contributed by atoms with Gasteiger partial charge in [-0.3, -0.25) is 0 Å². The molecule has 13 heteroatoms. The van der Waals surface area contributed by atoms with Crippen LogP contribution in [-0.2, 0) is 13.8 Å². The zero-order chi connectivity index (χ0) is 22.0. The summed E-state index contributed by atoms with van der Waals surface area (Å²) in [6, 6.07) is 8.36. The van der Waals surface area contributed by atoms with Crippen molar-refractivity contribution in [1.82, 2.24) is 5.16 Å². The highest BCUT2D eigenvalue weighted by Gasteiger charge is 2.34. The molecule has 0 saturated carbocycles. The van der Waals surface area contributed by atoms with Crippen LogP contribution in [-0.4, -0.2) is 26.2 Å². The van der Waals surface area contributed by atoms with Crippen molar-refractivity contribution in [3.8, 4) is 51.2 Å². The molecule has 2 heterocycles. The summed E-state index contributed by atoms with van der Waals surface area (Å²) in [6.07, 6.45) is 1.49. The molecule has 3 aromatic rings. The van der Waals surface area contributed by atoms with Crippen molar-refractivity contribution in [2.24, 2.45) is 0 Å². The van der Waals surface area contributed by atoms with Crippen molar-refractivity contribution in [1.29, 1.82) is 0 Å². The van der Waals surface area contributed by atoms with E-state index >= 15 is 0 Å². The van der Waals surface area contributed by atoms with Gasteiger partial charge in [0.05, 0.1) is 26.0 Å². The summed E-state index contributed by atoms with van der Waals surface area (Å²) in [5, 5.41) is 3.91. The van der Waals surface area contributed by atoms with Crippen molar-refractivity contribution in [2.75, 3.05) is 21.0 Å². The highest BCUT2D eigenvalue weighted by Crippen LogP contribution is 2.50. The van der Waals surface area contributed by atoms with Gasteiger partial charge in [0.25, 0.3) is 0 Å². The summed E-state index contributed by atoms with van der Waals surface area (Å²) in [6.45, 7) is 0.0836. The van der Waals surface area contributed by atoms with Crippen molar-refractivity contribution in [2.45, 2.75) is 0 Å². The molecule has 0 radical (unpaired) electrons. The summed E-state index contributed by atoms with van der Waals surface area (Å²) in [4.78, 5) is 0. The first-order chi connectivity index (χ1) is 15.0. The Kier molecular flexibility index (Phi) is 5.72. The Morgan fingerprint density at radius 3 is 2.52 bits per heavy atom. The van der Waals surface area contributed by atoms with Gasteiger partial charge in [0.1, 0.15) is 11.5 Å². The molecule has 1 aliphatic heterocycles. The van der Waals surface area contributed by atoms with Crippen LogP contribution in [0.3, 0.4) is 0 Å². The topological polar surface area (TPSA) is 163 Å². The van der Waals surface area contributed by atoms with Gasteiger partial charge in [0.15, 0.2) is 17.3 Å². The number of aromatic nitrogens is 1. The van der Waals surface area contributed by atoms with E-state index in [1.54, 1.807) is 24.3 Å². The van der Waals surface area contributed by atoms with E-state index in [1.807, 2.05) is 0 Å². The normalized spacial score (nSPS) is 12.6. The molecule has 1 aromatic heterocycles. The van der Waals surface area contributed by atoms with Gasteiger partial charge in [-0.1, -0.05) is 14.4 Å². The van der Waals surface area contributed by atoms with Gasteiger partial charge in [-0.2, -0.15) is 11.8 Å². The fraction of sp³-hybridized carbons (Fsp3) is 0.167. The van der Waals surface area contributed by atoms with Gasteiger partial charge in [-0.05, 0) is 24.3 Å². The number of ether oxygens (including phenoxy) is 4. The van der Waals surface area contributed by atoms with Gasteiger partial charge < -0.3 is 28.0 Å². The van der Waals surface area contributed by atoms with E-state index in [4.69, 9.17) is 28.0 Å². The first kappa shape index (κ1) is 21.0. The van der Waals surface area contributed by atoms with Crippen LogP contribution < -0.4 is 35.3 Å². The number of hydrogen-bond donors (Lipinski definition) is 2. The molecule has 0 aliphatic carbocycles. The summed E-state index contributed by atoms with van der Waals surface area (Å²) in [5.74, 6) is 8.67. The van der Waals surface area contributed by atoms with Crippen molar-refractivity contribution in [3.63, 3.8) is 0 Å². The number of benzene rings is 2. The highest BCUT2D eigenvalue weighted by atomic mass is 31.2. The SMILES string of the molecule is COc1ccc(-c2cnoc2-c2cc(OC)c3c(c2)OCO3)c(OP(=O)(O[NH3+])O[NH3+])c1. The number of phosphoric acid groups is 1. The average Bonchev–Trinajstić information content (AvgIpc) is 3.47. The maximum Gasteiger partial charge on any atom is 0.624 e. The zero-order valence-corrected chi connectivity index (χ0v) is 17.5. The predicted octanol–water partition coefficient (Wildman–Crippen LogP) is 1.59. The Morgan fingerprint density at radius 2 is 1.81 bits per heavy atom. The third-order valence-electron chi connectivity index (χ3n) is 4.50. The number of methoxy groups -OCH3 is 2. The third kappa shape index (κ3) is 3.90. The summed E-state index contributed by atoms with van der Waals surface area (Å²) in [7, 11) is -1.05. The Labute approximate surface area is 176 Å². The van der Waals surface area contributed by atoms with Crippen LogP contribution in [0.4, 0.5) is 0 Å². The minimum Gasteiger partial charge on any atom is -0.497 e. The monoisotopic (exact) mass is 453 g/mol. The van der Waals surface area contributed by atoms with E-state index in [-0.39, 0.29) is 12.5 Å². The Morgan fingerprint density at radius 1 is 1.00 bits per heavy atom. The van der Waals surface area contributed by atoms with Crippen LogP contribution in [0.15, 0.2) is 41.1 Å². The number of nitrogens with zero attached hydrogens (tertiary/aromatic N) is 1. The largest absolute Gasteiger partial charge is 0.624 e. The molecule has 0 atom stereocenters. The Balaban J connectivity index is 1.83. The molecular weight excluding hydrogens is 433 g/mol. The molecule has 6 N–H and O–H groups in total. The van der Waals surface area contributed by atoms with Crippen LogP contribution in [0.25, 0.3) is 22.5 Å². The van der Waals surface area contributed by atoms with Gasteiger partial charge in [-0.15, -0.1) is 0 Å². The first-order valence-electron chi connectivity index (χ1n) is 8.80. The van der Waals surface area contributed by atoms with Gasteiger partial charge in [-0.25, -0.2) is 4.57 Å². The Bertz CT molecular complexity index is 1140. The van der Waals surface area contributed by atoms with Crippen LogP contribution in [0.5, 0.6) is 28.7 Å². The van der Waals surface area contributed by atoms with Crippen LogP contribution >= 0.6 is 7.82 Å². The molecule has 164 valence electrons. The minimum atomic E-state index is -4.06. The molecule has 0 saturated heterocycles. The zero-order valence-electron chi connectivity index (χ0n) is 16.7. The fourth-order valence-corrected chi connectivity index (χ4v) is 3.61. The average molecular weight is 453 g/mol. The van der Waals surface area contributed by atoms with E-state index in [0.29, 0.717) is 45.4 Å². The lowest BCUT2D eigenvalue weighted by atomic mass is 10.0. The molecule has 0 fully saturated rings. The van der Waals surface area contributed by atoms with E-state index in [9.17, 15) is 4.57 Å². The van der Waals surface area contributed by atoms with Crippen molar-refractivity contribution < 1.29 is 53.6 Å². The van der Waals surface area contributed by atoms with E-state index in [0.717, 1.165) is 0 Å². The molecule has 0 bridgehead atoms. The second kappa shape index (κ2) is 8.46. The lowest BCUT2D eigenvalue weighted by Crippen LogP contribution is -2.54. The van der Waals surface area contributed by atoms with Crippen LogP contribution in [0, 0.1) is 0 Å². The maximum absolute atomic E-state index is 12.5. The van der Waals surface area contributed by atoms with Crippen molar-refractivity contribution in [3.05, 3.63) is 36.5 Å². The maximum atomic E-state index is 12.5. The van der Waals surface area contributed by atoms with Gasteiger partial charge in [0, 0.05) is 17.2 Å². The molecule has 2 aromatic carbocycles. The van der Waals surface area contributed by atoms with E-state index in [2.05, 4.69) is 26.2 Å². The van der Waals surface area contributed by atoms with Gasteiger partial charge in [0.2, 0.25) is 12.5 Å². The standard InChI is InChI=1S/C18H20N3O9P/c1-23-11-3-4-12(14(7-11)28-31(22,29-19)30-20)13-8-21-27-17(13)10-5-15(24-2)18-16(6-10)25-9-26-18/h3-8H,9H2,1-2,19-20H3/q+2. The minimum absolute atomic E-state index is 0.0836. The lowest BCUT2D eigenvalue weighted by molar-refractivity contribution is -0.682. The molecule has 0 amide bonds. The van der Waals surface area contributed by atoms with Crippen molar-refractivity contribution >= 4 is 7.82 Å². The van der Waals surface area contributed by atoms with Crippen LogP contribution in [0.2, 0.25) is 0 Å². The van der Waals surface area contributed by atoms with E-state index in [1.165, 1.54) is 26.5 Å². The number of quaternary nitrogens is 2. The quantitative estimate of drug-likeness (QED) is 0.378. The molecular formula is C18H20N3O9P+2. The molecule has 31 heavy (non-hydrogen) atoms. The fourth-order valence-electron chi connectivity index (χ4n) is 3.04. The lowest BCUT2D eigenvalue weighted by Gasteiger charge is -2.14. The van der Waals surface area contributed by atoms with Crippen LogP contribution in [0.1, 0.15) is 0 Å². The second-order valence-corrected chi connectivity index (χ2v) is 7.73. The third-order valence-corrected chi connectivity index (χ3v) is 5.55. The number of hydrogen-bond acceptors (Lipinski definition) is 10. The van der Waals surface area contributed by atoms with Gasteiger partial charge >= 0.3 is 7.82 Å². The molecule has 0 spiro atoms.